The largest absolute Gasteiger partial charge is 0.364 e. The van der Waals surface area contributed by atoms with Crippen LogP contribution in [-0.2, 0) is 6.42 Å². The molecule has 0 spiro atoms. The Hall–Kier alpha value is -2.28. The molecule has 0 aromatic carbocycles. The number of hydrogen-bond acceptors (Lipinski definition) is 6. The molecule has 0 atom stereocenters. The number of rotatable bonds is 5. The topological polar surface area (TPSA) is 93.8 Å². The van der Waals surface area contributed by atoms with Gasteiger partial charge in [-0.1, -0.05) is 17.7 Å². The Morgan fingerprint density at radius 2 is 2.16 bits per heavy atom. The number of anilines is 1. The fraction of sp³-hybridized carbons (Fsp3) is 0.182. The first-order valence-electron chi connectivity index (χ1n) is 5.47. The molecule has 0 saturated heterocycles. The van der Waals surface area contributed by atoms with Gasteiger partial charge in [-0.15, -0.1) is 0 Å². The molecule has 0 aliphatic carbocycles. The van der Waals surface area contributed by atoms with Crippen molar-refractivity contribution in [3.63, 3.8) is 0 Å². The molecule has 1 N–H and O–H groups in total. The molecular weight excluding hydrogens is 270 g/mol. The molecule has 0 aliphatic heterocycles. The minimum absolute atomic E-state index is 0.112. The average molecular weight is 280 g/mol. The highest BCUT2D eigenvalue weighted by molar-refractivity contribution is 6.31. The van der Waals surface area contributed by atoms with E-state index in [-0.39, 0.29) is 16.7 Å². The van der Waals surface area contributed by atoms with Crippen LogP contribution in [0.4, 0.5) is 11.5 Å². The van der Waals surface area contributed by atoms with E-state index in [9.17, 15) is 10.1 Å². The van der Waals surface area contributed by atoms with Crippen molar-refractivity contribution in [3.8, 4) is 0 Å². The van der Waals surface area contributed by atoms with Gasteiger partial charge >= 0.3 is 5.69 Å². The smallest absolute Gasteiger partial charge is 0.348 e. The first kappa shape index (κ1) is 13.2. The number of halogens is 1. The summed E-state index contributed by atoms with van der Waals surface area (Å²) in [5.41, 5.74) is 0.572. The van der Waals surface area contributed by atoms with E-state index in [4.69, 9.17) is 11.6 Å². The highest BCUT2D eigenvalue weighted by Crippen LogP contribution is 2.27. The number of aromatic nitrogens is 3. The molecule has 0 saturated carbocycles. The lowest BCUT2D eigenvalue weighted by molar-refractivity contribution is -0.384. The normalized spacial score (nSPS) is 10.2. The van der Waals surface area contributed by atoms with Crippen molar-refractivity contribution in [1.82, 2.24) is 15.0 Å². The molecule has 98 valence electrons. The molecule has 0 aliphatic rings. The van der Waals surface area contributed by atoms with Gasteiger partial charge in [0.1, 0.15) is 6.33 Å². The molecule has 0 fully saturated rings. The van der Waals surface area contributed by atoms with E-state index in [1.165, 1.54) is 6.33 Å². The molecule has 19 heavy (non-hydrogen) atoms. The molecule has 0 radical (unpaired) electrons. The third-order valence-corrected chi connectivity index (χ3v) is 2.64. The lowest BCUT2D eigenvalue weighted by Gasteiger charge is -2.05. The second kappa shape index (κ2) is 6.05. The van der Waals surface area contributed by atoms with Gasteiger partial charge in [0.25, 0.3) is 0 Å². The Morgan fingerprint density at radius 3 is 2.84 bits per heavy atom. The van der Waals surface area contributed by atoms with Crippen LogP contribution in [-0.4, -0.2) is 26.4 Å². The molecule has 0 unspecified atom stereocenters. The van der Waals surface area contributed by atoms with Crippen LogP contribution in [0, 0.1) is 10.1 Å². The van der Waals surface area contributed by atoms with E-state index < -0.39 is 4.92 Å². The van der Waals surface area contributed by atoms with Crippen molar-refractivity contribution in [3.05, 3.63) is 51.7 Å². The quantitative estimate of drug-likeness (QED) is 0.512. The zero-order valence-corrected chi connectivity index (χ0v) is 10.5. The standard InChI is InChI=1S/C11H10ClN5O2/c12-10-9(17(18)19)11(16-7-15-10)14-6-4-8-3-1-2-5-13-8/h1-3,5,7H,4,6H2,(H,14,15,16). The molecule has 7 nitrogen and oxygen atoms in total. The van der Waals surface area contributed by atoms with Gasteiger partial charge < -0.3 is 5.32 Å². The van der Waals surface area contributed by atoms with Gasteiger partial charge in [0.05, 0.1) is 4.92 Å². The predicted octanol–water partition coefficient (Wildman–Crippen LogP) is 2.09. The summed E-state index contributed by atoms with van der Waals surface area (Å²) in [6, 6.07) is 5.58. The number of pyridine rings is 1. The van der Waals surface area contributed by atoms with Crippen molar-refractivity contribution in [2.24, 2.45) is 0 Å². The molecule has 8 heteroatoms. The lowest BCUT2D eigenvalue weighted by Crippen LogP contribution is -2.09. The summed E-state index contributed by atoms with van der Waals surface area (Å²) in [5.74, 6) is 0.112. The molecule has 2 aromatic heterocycles. The fourth-order valence-electron chi connectivity index (χ4n) is 1.50. The Morgan fingerprint density at radius 1 is 1.32 bits per heavy atom. The summed E-state index contributed by atoms with van der Waals surface area (Å²) in [6.45, 7) is 0.463. The third kappa shape index (κ3) is 3.35. The van der Waals surface area contributed by atoms with Crippen LogP contribution in [0.5, 0.6) is 0 Å². The first-order valence-corrected chi connectivity index (χ1v) is 5.85. The molecular formula is C11H10ClN5O2. The van der Waals surface area contributed by atoms with Crippen molar-refractivity contribution < 1.29 is 4.92 Å². The Kier molecular flexibility index (Phi) is 4.19. The highest BCUT2D eigenvalue weighted by Gasteiger charge is 2.20. The van der Waals surface area contributed by atoms with Crippen molar-refractivity contribution in [2.75, 3.05) is 11.9 Å². The Bertz CT molecular complexity index is 579. The van der Waals surface area contributed by atoms with Gasteiger partial charge in [-0.2, -0.15) is 0 Å². The van der Waals surface area contributed by atoms with Crippen LogP contribution in [0.3, 0.4) is 0 Å². The minimum Gasteiger partial charge on any atom is -0.364 e. The molecule has 2 heterocycles. The third-order valence-electron chi connectivity index (χ3n) is 2.36. The van der Waals surface area contributed by atoms with Gasteiger partial charge in [0.15, 0.2) is 0 Å². The number of hydrogen-bond donors (Lipinski definition) is 1. The monoisotopic (exact) mass is 279 g/mol. The second-order valence-corrected chi connectivity index (χ2v) is 3.97. The van der Waals surface area contributed by atoms with Crippen LogP contribution >= 0.6 is 11.6 Å². The van der Waals surface area contributed by atoms with Gasteiger partial charge in [0.2, 0.25) is 11.0 Å². The number of nitro groups is 1. The molecule has 2 rings (SSSR count). The van der Waals surface area contributed by atoms with Crippen LogP contribution in [0.1, 0.15) is 5.69 Å². The van der Waals surface area contributed by atoms with Crippen LogP contribution in [0.15, 0.2) is 30.7 Å². The number of nitrogens with one attached hydrogen (secondary N) is 1. The van der Waals surface area contributed by atoms with E-state index >= 15 is 0 Å². The van der Waals surface area contributed by atoms with Gasteiger partial charge in [0, 0.05) is 24.9 Å². The number of nitrogens with zero attached hydrogens (tertiary/aromatic N) is 4. The summed E-state index contributed by atoms with van der Waals surface area (Å²) >= 11 is 5.68. The van der Waals surface area contributed by atoms with Gasteiger partial charge in [-0.25, -0.2) is 9.97 Å². The van der Waals surface area contributed by atoms with E-state index in [0.29, 0.717) is 13.0 Å². The lowest BCUT2D eigenvalue weighted by atomic mass is 10.3. The van der Waals surface area contributed by atoms with E-state index in [1.807, 2.05) is 18.2 Å². The summed E-state index contributed by atoms with van der Waals surface area (Å²) < 4.78 is 0. The Balaban J connectivity index is 2.04. The van der Waals surface area contributed by atoms with E-state index in [1.54, 1.807) is 6.20 Å². The van der Waals surface area contributed by atoms with Gasteiger partial charge in [-0.3, -0.25) is 15.1 Å². The molecule has 2 aromatic rings. The zero-order chi connectivity index (χ0) is 13.7. The molecule has 0 amide bonds. The minimum atomic E-state index is -0.606. The fourth-order valence-corrected chi connectivity index (χ4v) is 1.71. The summed E-state index contributed by atoms with van der Waals surface area (Å²) in [5, 5.41) is 13.6. The Labute approximate surface area is 113 Å². The second-order valence-electron chi connectivity index (χ2n) is 3.62. The summed E-state index contributed by atoms with van der Waals surface area (Å²) in [6.07, 6.45) is 3.50. The predicted molar refractivity (Wildman–Crippen MR) is 70.1 cm³/mol. The summed E-state index contributed by atoms with van der Waals surface area (Å²) in [7, 11) is 0. The van der Waals surface area contributed by atoms with E-state index in [0.717, 1.165) is 5.69 Å². The van der Waals surface area contributed by atoms with Crippen LogP contribution in [0.25, 0.3) is 0 Å². The highest BCUT2D eigenvalue weighted by atomic mass is 35.5. The maximum Gasteiger partial charge on any atom is 0.348 e. The SMILES string of the molecule is O=[N+]([O-])c1c(Cl)ncnc1NCCc1ccccn1. The van der Waals surface area contributed by atoms with Gasteiger partial charge in [-0.05, 0) is 12.1 Å². The summed E-state index contributed by atoms with van der Waals surface area (Å²) in [4.78, 5) is 21.8. The zero-order valence-electron chi connectivity index (χ0n) is 9.78. The van der Waals surface area contributed by atoms with E-state index in [2.05, 4.69) is 20.3 Å². The van der Waals surface area contributed by atoms with Crippen LogP contribution in [0.2, 0.25) is 5.15 Å². The van der Waals surface area contributed by atoms with Crippen molar-refractivity contribution in [1.29, 1.82) is 0 Å². The average Bonchev–Trinajstić information content (AvgIpc) is 2.39. The van der Waals surface area contributed by atoms with Crippen LogP contribution < -0.4 is 5.32 Å². The maximum absolute atomic E-state index is 10.9. The van der Waals surface area contributed by atoms with Crippen molar-refractivity contribution >= 4 is 23.1 Å². The molecule has 0 bridgehead atoms. The first-order chi connectivity index (χ1) is 9.18. The maximum atomic E-state index is 10.9. The van der Waals surface area contributed by atoms with Crippen molar-refractivity contribution in [2.45, 2.75) is 6.42 Å².